The smallest absolute Gasteiger partial charge is 0.239 e. The number of carbonyl (C=O) groups excluding carboxylic acids is 1. The highest BCUT2D eigenvalue weighted by molar-refractivity contribution is 5.82. The highest BCUT2D eigenvalue weighted by atomic mass is 16.2. The molecule has 3 unspecified atom stereocenters. The van der Waals surface area contributed by atoms with Gasteiger partial charge in [-0.25, -0.2) is 0 Å². The fourth-order valence-corrected chi connectivity index (χ4v) is 3.73. The van der Waals surface area contributed by atoms with Crippen molar-refractivity contribution in [2.24, 2.45) is 17.8 Å². The first-order valence-corrected chi connectivity index (χ1v) is 7.24. The predicted molar refractivity (Wildman–Crippen MR) is 67.6 cm³/mol. The van der Waals surface area contributed by atoms with Gasteiger partial charge in [-0.15, -0.1) is 0 Å². The van der Waals surface area contributed by atoms with Crippen LogP contribution in [0.3, 0.4) is 0 Å². The van der Waals surface area contributed by atoms with Crippen molar-refractivity contribution < 1.29 is 4.79 Å². The van der Waals surface area contributed by atoms with Crippen LogP contribution in [0.2, 0.25) is 0 Å². The highest BCUT2D eigenvalue weighted by Crippen LogP contribution is 2.45. The Kier molecular flexibility index (Phi) is 3.12. The van der Waals surface area contributed by atoms with Crippen LogP contribution in [0, 0.1) is 17.8 Å². The van der Waals surface area contributed by atoms with E-state index >= 15 is 0 Å². The third-order valence-corrected chi connectivity index (χ3v) is 4.97. The van der Waals surface area contributed by atoms with Gasteiger partial charge in [-0.05, 0) is 50.5 Å². The van der Waals surface area contributed by atoms with E-state index in [-0.39, 0.29) is 6.04 Å². The molecule has 1 heterocycles. The molecule has 0 radical (unpaired) electrons. The third kappa shape index (κ3) is 2.35. The van der Waals surface area contributed by atoms with Crippen LogP contribution < -0.4 is 5.32 Å². The average molecular weight is 236 g/mol. The van der Waals surface area contributed by atoms with Crippen LogP contribution >= 0.6 is 0 Å². The van der Waals surface area contributed by atoms with Gasteiger partial charge in [-0.3, -0.25) is 4.79 Å². The van der Waals surface area contributed by atoms with Crippen molar-refractivity contribution in [1.82, 2.24) is 10.2 Å². The van der Waals surface area contributed by atoms with E-state index in [0.29, 0.717) is 5.91 Å². The van der Waals surface area contributed by atoms with Crippen LogP contribution in [0.1, 0.15) is 38.5 Å². The average Bonchev–Trinajstić information content (AvgIpc) is 2.86. The maximum Gasteiger partial charge on any atom is 0.239 e. The topological polar surface area (TPSA) is 32.3 Å². The molecule has 1 amide bonds. The molecule has 1 aliphatic heterocycles. The number of likely N-dealkylation sites (tertiary alicyclic amines) is 1. The van der Waals surface area contributed by atoms with Gasteiger partial charge in [0, 0.05) is 13.1 Å². The maximum atomic E-state index is 12.4. The zero-order valence-corrected chi connectivity index (χ0v) is 10.8. The first-order valence-electron chi connectivity index (χ1n) is 7.24. The molecular formula is C14H24N2O. The Bertz CT molecular complexity index is 299. The predicted octanol–water partition coefficient (Wildman–Crippen LogP) is 1.63. The van der Waals surface area contributed by atoms with Crippen molar-refractivity contribution in [2.45, 2.75) is 44.6 Å². The second kappa shape index (κ2) is 4.60. The Morgan fingerprint density at radius 2 is 2.00 bits per heavy atom. The van der Waals surface area contributed by atoms with Crippen molar-refractivity contribution in [3.05, 3.63) is 0 Å². The summed E-state index contributed by atoms with van der Waals surface area (Å²) in [5.41, 5.74) is 0. The molecular weight excluding hydrogens is 212 g/mol. The van der Waals surface area contributed by atoms with E-state index in [2.05, 4.69) is 10.2 Å². The van der Waals surface area contributed by atoms with Crippen LogP contribution in [0.5, 0.6) is 0 Å². The first-order chi connectivity index (χ1) is 8.28. The Labute approximate surface area is 104 Å². The summed E-state index contributed by atoms with van der Waals surface area (Å²) in [6.07, 6.45) is 7.83. The van der Waals surface area contributed by atoms with E-state index in [0.717, 1.165) is 37.3 Å². The number of hydrogen-bond donors (Lipinski definition) is 1. The molecule has 3 rings (SSSR count). The zero-order valence-electron chi connectivity index (χ0n) is 10.8. The lowest BCUT2D eigenvalue weighted by molar-refractivity contribution is -0.133. The summed E-state index contributed by atoms with van der Waals surface area (Å²) in [6, 6.07) is 0.0916. The lowest BCUT2D eigenvalue weighted by Gasteiger charge is -2.27. The molecule has 2 aliphatic carbocycles. The SMILES string of the molecule is CNC1CC2CC2CN(CC2CCCC2)C1=O. The van der Waals surface area contributed by atoms with Gasteiger partial charge < -0.3 is 10.2 Å². The van der Waals surface area contributed by atoms with Crippen LogP contribution in [0.25, 0.3) is 0 Å². The summed E-state index contributed by atoms with van der Waals surface area (Å²) < 4.78 is 0. The fraction of sp³-hybridized carbons (Fsp3) is 0.929. The van der Waals surface area contributed by atoms with Crippen molar-refractivity contribution in [2.75, 3.05) is 20.1 Å². The standard InChI is InChI=1S/C14H24N2O/c1-15-13-7-11-6-12(11)9-16(14(13)17)8-10-4-2-3-5-10/h10-13,15H,2-9H2,1H3. The molecule has 0 spiro atoms. The van der Waals surface area contributed by atoms with Crippen molar-refractivity contribution in [3.8, 4) is 0 Å². The second-order valence-corrected chi connectivity index (χ2v) is 6.23. The number of fused-ring (bicyclic) bond motifs is 1. The molecule has 1 N–H and O–H groups in total. The van der Waals surface area contributed by atoms with E-state index in [1.54, 1.807) is 0 Å². The van der Waals surface area contributed by atoms with Gasteiger partial charge in [0.2, 0.25) is 5.91 Å². The maximum absolute atomic E-state index is 12.4. The quantitative estimate of drug-likeness (QED) is 0.808. The van der Waals surface area contributed by atoms with Gasteiger partial charge in [0.15, 0.2) is 0 Å². The molecule has 3 atom stereocenters. The minimum Gasteiger partial charge on any atom is -0.341 e. The van der Waals surface area contributed by atoms with Crippen LogP contribution in [-0.2, 0) is 4.79 Å². The molecule has 0 bridgehead atoms. The zero-order chi connectivity index (χ0) is 11.8. The van der Waals surface area contributed by atoms with E-state index < -0.39 is 0 Å². The summed E-state index contributed by atoms with van der Waals surface area (Å²) in [5, 5.41) is 3.21. The monoisotopic (exact) mass is 236 g/mol. The van der Waals surface area contributed by atoms with Crippen molar-refractivity contribution in [3.63, 3.8) is 0 Å². The minimum atomic E-state index is 0.0916. The van der Waals surface area contributed by atoms with E-state index in [1.807, 2.05) is 7.05 Å². The lowest BCUT2D eigenvalue weighted by atomic mass is 10.1. The van der Waals surface area contributed by atoms with Gasteiger partial charge >= 0.3 is 0 Å². The van der Waals surface area contributed by atoms with Gasteiger partial charge in [0.25, 0.3) is 0 Å². The van der Waals surface area contributed by atoms with Gasteiger partial charge in [-0.1, -0.05) is 12.8 Å². The summed E-state index contributed by atoms with van der Waals surface area (Å²) in [5.74, 6) is 2.79. The number of likely N-dealkylation sites (N-methyl/N-ethyl adjacent to an activating group) is 1. The van der Waals surface area contributed by atoms with Crippen molar-refractivity contribution in [1.29, 1.82) is 0 Å². The molecule has 3 heteroatoms. The summed E-state index contributed by atoms with van der Waals surface area (Å²) in [7, 11) is 1.93. The molecule has 3 fully saturated rings. The number of nitrogens with one attached hydrogen (secondary N) is 1. The molecule has 17 heavy (non-hydrogen) atoms. The Morgan fingerprint density at radius 3 is 2.71 bits per heavy atom. The first kappa shape index (κ1) is 11.5. The summed E-state index contributed by atoms with van der Waals surface area (Å²) >= 11 is 0. The van der Waals surface area contributed by atoms with Crippen LogP contribution in [0.4, 0.5) is 0 Å². The van der Waals surface area contributed by atoms with Crippen LogP contribution in [-0.4, -0.2) is 37.0 Å². The van der Waals surface area contributed by atoms with E-state index in [1.165, 1.54) is 32.1 Å². The highest BCUT2D eigenvalue weighted by Gasteiger charge is 2.45. The fourth-order valence-electron chi connectivity index (χ4n) is 3.73. The molecule has 2 saturated carbocycles. The van der Waals surface area contributed by atoms with Gasteiger partial charge in [0.1, 0.15) is 0 Å². The molecule has 3 nitrogen and oxygen atoms in total. The van der Waals surface area contributed by atoms with Gasteiger partial charge in [0.05, 0.1) is 6.04 Å². The van der Waals surface area contributed by atoms with E-state index in [9.17, 15) is 4.79 Å². The Balaban J connectivity index is 1.65. The largest absolute Gasteiger partial charge is 0.341 e. The second-order valence-electron chi connectivity index (χ2n) is 6.23. The third-order valence-electron chi connectivity index (χ3n) is 4.97. The molecule has 0 aromatic rings. The number of carbonyl (C=O) groups is 1. The Morgan fingerprint density at radius 1 is 1.24 bits per heavy atom. The van der Waals surface area contributed by atoms with Gasteiger partial charge in [-0.2, -0.15) is 0 Å². The summed E-state index contributed by atoms with van der Waals surface area (Å²) in [4.78, 5) is 14.6. The molecule has 1 saturated heterocycles. The molecule has 3 aliphatic rings. The molecule has 96 valence electrons. The Hall–Kier alpha value is -0.570. The molecule has 0 aromatic heterocycles. The van der Waals surface area contributed by atoms with E-state index in [4.69, 9.17) is 0 Å². The van der Waals surface area contributed by atoms with Crippen molar-refractivity contribution >= 4 is 5.91 Å². The van der Waals surface area contributed by atoms with Crippen LogP contribution in [0.15, 0.2) is 0 Å². The lowest BCUT2D eigenvalue weighted by Crippen LogP contribution is -2.46. The normalized spacial score (nSPS) is 38.1. The summed E-state index contributed by atoms with van der Waals surface area (Å²) in [6.45, 7) is 2.07. The number of amides is 1. The number of rotatable bonds is 3. The molecule has 0 aromatic carbocycles. The number of hydrogen-bond acceptors (Lipinski definition) is 2. The number of nitrogens with zero attached hydrogens (tertiary/aromatic N) is 1. The minimum absolute atomic E-state index is 0.0916.